The topological polar surface area (TPSA) is 24.1 Å². The van der Waals surface area contributed by atoms with Crippen LogP contribution in [0.5, 0.6) is 0 Å². The van der Waals surface area contributed by atoms with Crippen molar-refractivity contribution in [3.8, 4) is 0 Å². The molecule has 2 aromatic carbocycles. The summed E-state index contributed by atoms with van der Waals surface area (Å²) in [5.74, 6) is 0. The van der Waals surface area contributed by atoms with Gasteiger partial charge in [0, 0.05) is 17.3 Å². The Kier molecular flexibility index (Phi) is 5.39. The average Bonchev–Trinajstić information content (AvgIpc) is 2.44. The summed E-state index contributed by atoms with van der Waals surface area (Å²) in [6.07, 6.45) is 0.910. The largest absolute Gasteiger partial charge is 0.362 e. The highest BCUT2D eigenvalue weighted by atomic mass is 35.5. The third-order valence-electron chi connectivity index (χ3n) is 2.92. The first kappa shape index (κ1) is 14.8. The van der Waals surface area contributed by atoms with Crippen molar-refractivity contribution in [2.24, 2.45) is 0 Å². The molecular formula is C16H17ClN2S. The van der Waals surface area contributed by atoms with E-state index >= 15 is 0 Å². The Morgan fingerprint density at radius 3 is 2.35 bits per heavy atom. The number of thiocarbonyl (C=S) groups is 1. The molecule has 0 aliphatic rings. The molecule has 0 aliphatic heterocycles. The SMILES string of the molecule is Cc1ccc(NC(=S)NCCc2ccc(Cl)cc2)cc1. The van der Waals surface area contributed by atoms with E-state index in [1.165, 1.54) is 11.1 Å². The molecule has 4 heteroatoms. The van der Waals surface area contributed by atoms with Gasteiger partial charge in [-0.2, -0.15) is 0 Å². The van der Waals surface area contributed by atoms with Gasteiger partial charge in [0.1, 0.15) is 0 Å². The minimum absolute atomic E-state index is 0.641. The predicted octanol–water partition coefficient (Wildman–Crippen LogP) is 4.18. The van der Waals surface area contributed by atoms with E-state index in [0.29, 0.717) is 5.11 Å². The van der Waals surface area contributed by atoms with Gasteiger partial charge in [0.2, 0.25) is 0 Å². The number of anilines is 1. The lowest BCUT2D eigenvalue weighted by Gasteiger charge is -2.10. The lowest BCUT2D eigenvalue weighted by molar-refractivity contribution is 0.873. The molecule has 0 aliphatic carbocycles. The fraction of sp³-hybridized carbons (Fsp3) is 0.188. The maximum Gasteiger partial charge on any atom is 0.170 e. The van der Waals surface area contributed by atoms with Crippen molar-refractivity contribution in [3.05, 3.63) is 64.7 Å². The second-order valence-corrected chi connectivity index (χ2v) is 5.47. The highest BCUT2D eigenvalue weighted by molar-refractivity contribution is 7.80. The summed E-state index contributed by atoms with van der Waals surface area (Å²) in [6.45, 7) is 2.85. The molecule has 0 atom stereocenters. The van der Waals surface area contributed by atoms with Gasteiger partial charge in [0.25, 0.3) is 0 Å². The molecule has 0 heterocycles. The number of hydrogen-bond acceptors (Lipinski definition) is 1. The van der Waals surface area contributed by atoms with Crippen molar-refractivity contribution in [2.45, 2.75) is 13.3 Å². The Morgan fingerprint density at radius 2 is 1.70 bits per heavy atom. The smallest absolute Gasteiger partial charge is 0.170 e. The van der Waals surface area contributed by atoms with Crippen LogP contribution in [0.4, 0.5) is 5.69 Å². The number of benzene rings is 2. The first-order valence-corrected chi connectivity index (χ1v) is 7.28. The van der Waals surface area contributed by atoms with E-state index in [1.54, 1.807) is 0 Å². The maximum atomic E-state index is 5.85. The molecule has 20 heavy (non-hydrogen) atoms. The molecule has 0 radical (unpaired) electrons. The van der Waals surface area contributed by atoms with Crippen LogP contribution in [0.25, 0.3) is 0 Å². The van der Waals surface area contributed by atoms with Crippen molar-refractivity contribution in [3.63, 3.8) is 0 Å². The van der Waals surface area contributed by atoms with E-state index in [2.05, 4.69) is 29.7 Å². The molecule has 104 valence electrons. The van der Waals surface area contributed by atoms with E-state index in [0.717, 1.165) is 23.7 Å². The highest BCUT2D eigenvalue weighted by Crippen LogP contribution is 2.10. The third-order valence-corrected chi connectivity index (χ3v) is 3.42. The van der Waals surface area contributed by atoms with Crippen molar-refractivity contribution < 1.29 is 0 Å². The Bertz CT molecular complexity index is 564. The minimum atomic E-state index is 0.641. The predicted molar refractivity (Wildman–Crippen MR) is 90.6 cm³/mol. The average molecular weight is 305 g/mol. The van der Waals surface area contributed by atoms with E-state index < -0.39 is 0 Å². The molecule has 2 N–H and O–H groups in total. The van der Waals surface area contributed by atoms with Crippen LogP contribution in [0.3, 0.4) is 0 Å². The van der Waals surface area contributed by atoms with Gasteiger partial charge < -0.3 is 10.6 Å². The van der Waals surface area contributed by atoms with Gasteiger partial charge in [0.05, 0.1) is 0 Å². The first-order chi connectivity index (χ1) is 9.63. The standard InChI is InChI=1S/C16H17ClN2S/c1-12-2-8-15(9-3-12)19-16(20)18-11-10-13-4-6-14(17)7-5-13/h2-9H,10-11H2,1H3,(H2,18,19,20). The molecule has 0 bridgehead atoms. The molecule has 0 amide bonds. The molecule has 0 fully saturated rings. The van der Waals surface area contributed by atoms with Crippen LogP contribution in [0.1, 0.15) is 11.1 Å². The summed E-state index contributed by atoms with van der Waals surface area (Å²) < 4.78 is 0. The first-order valence-electron chi connectivity index (χ1n) is 6.49. The molecule has 0 unspecified atom stereocenters. The van der Waals surface area contributed by atoms with Crippen LogP contribution in [0.2, 0.25) is 5.02 Å². The normalized spacial score (nSPS) is 10.1. The molecule has 2 rings (SSSR count). The van der Waals surface area contributed by atoms with Crippen LogP contribution >= 0.6 is 23.8 Å². The number of nitrogens with one attached hydrogen (secondary N) is 2. The highest BCUT2D eigenvalue weighted by Gasteiger charge is 1.98. The van der Waals surface area contributed by atoms with Crippen LogP contribution in [0, 0.1) is 6.92 Å². The van der Waals surface area contributed by atoms with Crippen LogP contribution in [-0.2, 0) is 6.42 Å². The fourth-order valence-electron chi connectivity index (χ4n) is 1.78. The van der Waals surface area contributed by atoms with Crippen molar-refractivity contribution in [1.29, 1.82) is 0 Å². The van der Waals surface area contributed by atoms with Gasteiger partial charge in [-0.15, -0.1) is 0 Å². The van der Waals surface area contributed by atoms with Gasteiger partial charge in [-0.25, -0.2) is 0 Å². The second-order valence-electron chi connectivity index (χ2n) is 4.62. The van der Waals surface area contributed by atoms with Crippen molar-refractivity contribution >= 4 is 34.6 Å². The summed E-state index contributed by atoms with van der Waals surface area (Å²) in [6, 6.07) is 16.0. The third kappa shape index (κ3) is 4.83. The zero-order valence-electron chi connectivity index (χ0n) is 11.3. The Labute approximate surface area is 130 Å². The molecule has 0 saturated carbocycles. The fourth-order valence-corrected chi connectivity index (χ4v) is 2.13. The summed E-state index contributed by atoms with van der Waals surface area (Å²) in [5.41, 5.74) is 3.47. The minimum Gasteiger partial charge on any atom is -0.362 e. The Morgan fingerprint density at radius 1 is 1.05 bits per heavy atom. The zero-order valence-corrected chi connectivity index (χ0v) is 12.9. The Hall–Kier alpha value is -1.58. The van der Waals surface area contributed by atoms with Crippen LogP contribution in [0.15, 0.2) is 48.5 Å². The zero-order chi connectivity index (χ0) is 14.4. The van der Waals surface area contributed by atoms with Gasteiger partial charge in [0.15, 0.2) is 5.11 Å². The molecule has 0 aromatic heterocycles. The maximum absolute atomic E-state index is 5.85. The summed E-state index contributed by atoms with van der Waals surface area (Å²) in [5, 5.41) is 7.76. The number of halogens is 1. The van der Waals surface area contributed by atoms with E-state index in [-0.39, 0.29) is 0 Å². The van der Waals surface area contributed by atoms with E-state index in [4.69, 9.17) is 23.8 Å². The molecule has 2 aromatic rings. The van der Waals surface area contributed by atoms with Gasteiger partial charge >= 0.3 is 0 Å². The summed E-state index contributed by atoms with van der Waals surface area (Å²) in [4.78, 5) is 0. The summed E-state index contributed by atoms with van der Waals surface area (Å²) in [7, 11) is 0. The number of aryl methyl sites for hydroxylation is 1. The summed E-state index contributed by atoms with van der Waals surface area (Å²) >= 11 is 11.1. The van der Waals surface area contributed by atoms with Crippen LogP contribution < -0.4 is 10.6 Å². The lowest BCUT2D eigenvalue weighted by Crippen LogP contribution is -2.30. The van der Waals surface area contributed by atoms with E-state index in [9.17, 15) is 0 Å². The number of rotatable bonds is 4. The molecule has 0 saturated heterocycles. The second kappa shape index (κ2) is 7.27. The molecule has 0 spiro atoms. The van der Waals surface area contributed by atoms with Gasteiger partial charge in [-0.05, 0) is 55.4 Å². The van der Waals surface area contributed by atoms with Crippen LogP contribution in [-0.4, -0.2) is 11.7 Å². The quantitative estimate of drug-likeness (QED) is 0.829. The lowest BCUT2D eigenvalue weighted by atomic mass is 10.1. The monoisotopic (exact) mass is 304 g/mol. The number of hydrogen-bond donors (Lipinski definition) is 2. The van der Waals surface area contributed by atoms with E-state index in [1.807, 2.05) is 36.4 Å². The van der Waals surface area contributed by atoms with Crippen molar-refractivity contribution in [1.82, 2.24) is 5.32 Å². The molecule has 2 nitrogen and oxygen atoms in total. The van der Waals surface area contributed by atoms with Gasteiger partial charge in [-0.3, -0.25) is 0 Å². The van der Waals surface area contributed by atoms with Gasteiger partial charge in [-0.1, -0.05) is 41.4 Å². The molecular weight excluding hydrogens is 288 g/mol. The Balaban J connectivity index is 1.75. The van der Waals surface area contributed by atoms with Crippen molar-refractivity contribution in [2.75, 3.05) is 11.9 Å².